The van der Waals surface area contributed by atoms with Crippen LogP contribution in [0.1, 0.15) is 13.3 Å². The van der Waals surface area contributed by atoms with Crippen LogP contribution in [0.5, 0.6) is 0 Å². The molecule has 1 unspecified atom stereocenters. The van der Waals surface area contributed by atoms with E-state index < -0.39 is 40.4 Å². The normalized spacial score (nSPS) is 21.6. The number of aliphatic carboxylic acids is 1. The molecule has 2 aromatic rings. The number of carboxylic acid groups (broad SMARTS) is 1. The number of nitrogens with zero attached hydrogens (tertiary/aromatic N) is 2. The Bertz CT molecular complexity index is 1040. The van der Waals surface area contributed by atoms with Crippen LogP contribution in [0.2, 0.25) is 5.02 Å². The summed E-state index contributed by atoms with van der Waals surface area (Å²) in [6, 6.07) is 9.63. The van der Waals surface area contributed by atoms with Crippen molar-refractivity contribution >= 4 is 44.3 Å². The first-order valence-corrected chi connectivity index (χ1v) is 9.84. The van der Waals surface area contributed by atoms with Crippen molar-refractivity contribution in [1.82, 2.24) is 9.31 Å². The van der Waals surface area contributed by atoms with Crippen LogP contribution in [0.15, 0.2) is 41.3 Å². The van der Waals surface area contributed by atoms with Crippen molar-refractivity contribution in [2.24, 2.45) is 5.84 Å². The fourth-order valence-corrected chi connectivity index (χ4v) is 4.90. The minimum absolute atomic E-state index is 0.00766. The standard InChI is InChI=1S/C17H18ClN3O5S/c1-17(8-16(23)24)10-20(9-15(22)21(17)19)27(25,26)14-5-3-11-6-13(18)4-2-12(11)7-14/h2-7H,8-10,19H2,1H3,(H,23,24). The summed E-state index contributed by atoms with van der Waals surface area (Å²) in [7, 11) is -4.02. The van der Waals surface area contributed by atoms with Crippen molar-refractivity contribution < 1.29 is 23.1 Å². The molecule has 144 valence electrons. The van der Waals surface area contributed by atoms with Crippen molar-refractivity contribution in [3.05, 3.63) is 41.4 Å². The molecule has 1 saturated heterocycles. The number of halogens is 1. The van der Waals surface area contributed by atoms with Gasteiger partial charge in [-0.05, 0) is 42.0 Å². The highest BCUT2D eigenvalue weighted by molar-refractivity contribution is 7.89. The summed E-state index contributed by atoms with van der Waals surface area (Å²) in [6.45, 7) is 0.776. The molecule has 3 rings (SSSR count). The number of fused-ring (bicyclic) bond motifs is 1. The van der Waals surface area contributed by atoms with Gasteiger partial charge in [0, 0.05) is 11.6 Å². The molecule has 1 heterocycles. The number of benzene rings is 2. The van der Waals surface area contributed by atoms with Crippen LogP contribution in [0.3, 0.4) is 0 Å². The van der Waals surface area contributed by atoms with Crippen molar-refractivity contribution in [3.8, 4) is 0 Å². The number of hydrogen-bond acceptors (Lipinski definition) is 5. The molecule has 27 heavy (non-hydrogen) atoms. The van der Waals surface area contributed by atoms with Crippen LogP contribution in [-0.4, -0.2) is 53.3 Å². The third-order valence-electron chi connectivity index (χ3n) is 4.62. The molecule has 10 heteroatoms. The van der Waals surface area contributed by atoms with Gasteiger partial charge >= 0.3 is 5.97 Å². The van der Waals surface area contributed by atoms with Gasteiger partial charge in [0.05, 0.1) is 23.4 Å². The molecule has 0 saturated carbocycles. The Morgan fingerprint density at radius 3 is 2.56 bits per heavy atom. The Kier molecular flexibility index (Phi) is 4.89. The molecule has 0 bridgehead atoms. The van der Waals surface area contributed by atoms with E-state index in [0.717, 1.165) is 14.7 Å². The lowest BCUT2D eigenvalue weighted by atomic mass is 9.95. The van der Waals surface area contributed by atoms with Gasteiger partial charge in [-0.25, -0.2) is 14.3 Å². The highest BCUT2D eigenvalue weighted by Gasteiger charge is 2.46. The van der Waals surface area contributed by atoms with Crippen molar-refractivity contribution in [1.29, 1.82) is 0 Å². The Hall–Kier alpha value is -2.20. The van der Waals surface area contributed by atoms with Gasteiger partial charge in [-0.15, -0.1) is 0 Å². The number of carboxylic acids is 1. The van der Waals surface area contributed by atoms with Crippen molar-refractivity contribution in [2.75, 3.05) is 13.1 Å². The second kappa shape index (κ2) is 6.75. The second-order valence-electron chi connectivity index (χ2n) is 6.76. The van der Waals surface area contributed by atoms with E-state index in [9.17, 15) is 18.0 Å². The summed E-state index contributed by atoms with van der Waals surface area (Å²) in [5.41, 5.74) is -1.35. The largest absolute Gasteiger partial charge is 0.481 e. The maximum absolute atomic E-state index is 13.1. The number of rotatable bonds is 4. The molecule has 1 fully saturated rings. The monoisotopic (exact) mass is 411 g/mol. The van der Waals surface area contributed by atoms with Crippen LogP contribution in [0, 0.1) is 0 Å². The van der Waals surface area contributed by atoms with Gasteiger partial charge in [0.2, 0.25) is 10.0 Å². The molecule has 0 radical (unpaired) electrons. The van der Waals surface area contributed by atoms with Crippen LogP contribution in [0.4, 0.5) is 0 Å². The van der Waals surface area contributed by atoms with E-state index in [1.165, 1.54) is 19.1 Å². The first-order valence-electron chi connectivity index (χ1n) is 8.02. The molecule has 0 aliphatic carbocycles. The Labute approximate surface area is 161 Å². The van der Waals surface area contributed by atoms with Crippen molar-refractivity contribution in [3.63, 3.8) is 0 Å². The lowest BCUT2D eigenvalue weighted by Gasteiger charge is -2.44. The van der Waals surface area contributed by atoms with Gasteiger partial charge in [0.15, 0.2) is 0 Å². The van der Waals surface area contributed by atoms with Crippen LogP contribution >= 0.6 is 11.6 Å². The van der Waals surface area contributed by atoms with Gasteiger partial charge in [-0.3, -0.25) is 14.6 Å². The number of piperazine rings is 1. The van der Waals surface area contributed by atoms with E-state index in [4.69, 9.17) is 22.6 Å². The molecule has 3 N–H and O–H groups in total. The number of hydrazine groups is 1. The number of nitrogens with two attached hydrogens (primary N) is 1. The molecule has 1 atom stereocenters. The average Bonchev–Trinajstić information content (AvgIpc) is 2.58. The summed E-state index contributed by atoms with van der Waals surface area (Å²) in [5, 5.41) is 11.9. The number of carbonyl (C=O) groups is 2. The smallest absolute Gasteiger partial charge is 0.305 e. The van der Waals surface area contributed by atoms with E-state index in [-0.39, 0.29) is 11.4 Å². The minimum atomic E-state index is -4.02. The van der Waals surface area contributed by atoms with Gasteiger partial charge in [0.1, 0.15) is 0 Å². The predicted octanol–water partition coefficient (Wildman–Crippen LogP) is 1.43. The number of sulfonamides is 1. The highest BCUT2D eigenvalue weighted by Crippen LogP contribution is 2.29. The SMILES string of the molecule is CC1(CC(=O)O)CN(S(=O)(=O)c2ccc3cc(Cl)ccc3c2)CC(=O)N1N. The van der Waals surface area contributed by atoms with E-state index in [1.807, 2.05) is 0 Å². The quantitative estimate of drug-likeness (QED) is 0.580. The summed E-state index contributed by atoms with van der Waals surface area (Å²) < 4.78 is 27.1. The van der Waals surface area contributed by atoms with E-state index in [1.54, 1.807) is 24.3 Å². The van der Waals surface area contributed by atoms with Gasteiger partial charge < -0.3 is 5.11 Å². The topological polar surface area (TPSA) is 121 Å². The maximum Gasteiger partial charge on any atom is 0.305 e. The number of hydrogen-bond donors (Lipinski definition) is 2. The molecular formula is C17H18ClN3O5S. The van der Waals surface area contributed by atoms with Crippen LogP contribution < -0.4 is 5.84 Å². The predicted molar refractivity (Wildman–Crippen MR) is 99.4 cm³/mol. The lowest BCUT2D eigenvalue weighted by molar-refractivity contribution is -0.149. The second-order valence-corrected chi connectivity index (χ2v) is 9.13. The minimum Gasteiger partial charge on any atom is -0.481 e. The molecular weight excluding hydrogens is 394 g/mol. The first-order chi connectivity index (χ1) is 12.5. The van der Waals surface area contributed by atoms with Gasteiger partial charge in [0.25, 0.3) is 5.91 Å². The highest BCUT2D eigenvalue weighted by atomic mass is 35.5. The molecule has 8 nitrogen and oxygen atoms in total. The fraction of sp³-hybridized carbons (Fsp3) is 0.294. The van der Waals surface area contributed by atoms with E-state index in [0.29, 0.717) is 10.4 Å². The summed E-state index contributed by atoms with van der Waals surface area (Å²) in [5.74, 6) is 3.88. The Balaban J connectivity index is 2.00. The molecule has 1 aliphatic rings. The van der Waals surface area contributed by atoms with Gasteiger partial charge in [-0.1, -0.05) is 23.7 Å². The third kappa shape index (κ3) is 3.63. The zero-order valence-corrected chi connectivity index (χ0v) is 16.0. The fourth-order valence-electron chi connectivity index (χ4n) is 3.18. The van der Waals surface area contributed by atoms with E-state index in [2.05, 4.69) is 0 Å². The molecule has 1 amide bonds. The molecule has 1 aliphatic heterocycles. The summed E-state index contributed by atoms with van der Waals surface area (Å²) >= 11 is 5.94. The average molecular weight is 412 g/mol. The van der Waals surface area contributed by atoms with Crippen LogP contribution in [-0.2, 0) is 19.6 Å². The molecule has 0 spiro atoms. The van der Waals surface area contributed by atoms with Gasteiger partial charge in [-0.2, -0.15) is 4.31 Å². The number of carbonyl (C=O) groups excluding carboxylic acids is 1. The lowest BCUT2D eigenvalue weighted by Crippen LogP contribution is -2.67. The summed E-state index contributed by atoms with van der Waals surface area (Å²) in [4.78, 5) is 23.4. The maximum atomic E-state index is 13.1. The zero-order valence-electron chi connectivity index (χ0n) is 14.4. The molecule has 2 aromatic carbocycles. The first kappa shape index (κ1) is 19.6. The van der Waals surface area contributed by atoms with E-state index >= 15 is 0 Å². The number of amides is 1. The van der Waals surface area contributed by atoms with Crippen molar-refractivity contribution in [2.45, 2.75) is 23.8 Å². The molecule has 0 aromatic heterocycles. The zero-order chi connectivity index (χ0) is 20.0. The Morgan fingerprint density at radius 1 is 1.26 bits per heavy atom. The van der Waals surface area contributed by atoms with Crippen LogP contribution in [0.25, 0.3) is 10.8 Å². The summed E-state index contributed by atoms with van der Waals surface area (Å²) in [6.07, 6.45) is -0.475. The Morgan fingerprint density at radius 2 is 1.89 bits per heavy atom. The third-order valence-corrected chi connectivity index (χ3v) is 6.65.